The van der Waals surface area contributed by atoms with Gasteiger partial charge in [-0.25, -0.2) is 5.43 Å². The first-order valence-corrected chi connectivity index (χ1v) is 9.14. The summed E-state index contributed by atoms with van der Waals surface area (Å²) in [6.45, 7) is 6.69. The second-order valence-electron chi connectivity index (χ2n) is 6.58. The van der Waals surface area contributed by atoms with Gasteiger partial charge in [0, 0.05) is 23.2 Å². The van der Waals surface area contributed by atoms with Gasteiger partial charge in [-0.05, 0) is 45.0 Å². The van der Waals surface area contributed by atoms with Crippen LogP contribution in [0.2, 0.25) is 0 Å². The van der Waals surface area contributed by atoms with Gasteiger partial charge in [-0.2, -0.15) is 5.10 Å². The van der Waals surface area contributed by atoms with Crippen LogP contribution in [0.3, 0.4) is 0 Å². The summed E-state index contributed by atoms with van der Waals surface area (Å²) in [5, 5.41) is 7.12. The molecule has 2 N–H and O–H groups in total. The molecule has 1 heterocycles. The molecule has 2 aromatic carbocycles. The summed E-state index contributed by atoms with van der Waals surface area (Å²) >= 11 is 0. The molecule has 3 rings (SSSR count). The van der Waals surface area contributed by atoms with Crippen LogP contribution in [0.5, 0.6) is 11.5 Å². The van der Waals surface area contributed by atoms with Crippen molar-refractivity contribution >= 4 is 17.8 Å². The molecule has 1 aliphatic heterocycles. The molecule has 1 amide bonds. The first-order chi connectivity index (χ1) is 13.0. The van der Waals surface area contributed by atoms with E-state index in [0.29, 0.717) is 6.61 Å². The highest BCUT2D eigenvalue weighted by Crippen LogP contribution is 2.34. The van der Waals surface area contributed by atoms with Gasteiger partial charge in [-0.1, -0.05) is 17.7 Å². The summed E-state index contributed by atoms with van der Waals surface area (Å²) in [4.78, 5) is 12.0. The predicted octanol–water partition coefficient (Wildman–Crippen LogP) is 3.28. The Hall–Kier alpha value is -3.02. The predicted molar refractivity (Wildman–Crippen MR) is 107 cm³/mol. The van der Waals surface area contributed by atoms with Crippen LogP contribution in [0.25, 0.3) is 0 Å². The fraction of sp³-hybridized carbons (Fsp3) is 0.333. The molecule has 0 bridgehead atoms. The first-order valence-electron chi connectivity index (χ1n) is 9.14. The van der Waals surface area contributed by atoms with Crippen LogP contribution >= 0.6 is 0 Å². The molecule has 0 aromatic heterocycles. The Balaban J connectivity index is 1.59. The lowest BCUT2D eigenvalue weighted by Crippen LogP contribution is -2.25. The molecule has 2 aromatic rings. The molecule has 0 spiro atoms. The number of nitrogens with one attached hydrogen (secondary N) is 2. The van der Waals surface area contributed by atoms with Gasteiger partial charge in [0.25, 0.3) is 5.91 Å². The van der Waals surface area contributed by atoms with Gasteiger partial charge in [0.05, 0.1) is 19.4 Å². The molecule has 6 nitrogen and oxygen atoms in total. The third kappa shape index (κ3) is 5.00. The third-order valence-electron chi connectivity index (χ3n) is 4.23. The molecular formula is C21H25N3O3. The SMILES string of the molecule is CCOc1cc2c(cc1/C=N\NC(=O)CNc1ccc(C)cc1)O[C@@H](C)C2. The molecular weight excluding hydrogens is 342 g/mol. The van der Waals surface area contributed by atoms with Gasteiger partial charge >= 0.3 is 0 Å². The van der Waals surface area contributed by atoms with Gasteiger partial charge < -0.3 is 14.8 Å². The highest BCUT2D eigenvalue weighted by atomic mass is 16.5. The van der Waals surface area contributed by atoms with Gasteiger partial charge in [0.2, 0.25) is 0 Å². The minimum absolute atomic E-state index is 0.142. The number of carbonyl (C=O) groups is 1. The maximum absolute atomic E-state index is 12.0. The van der Waals surface area contributed by atoms with Crippen molar-refractivity contribution in [1.29, 1.82) is 0 Å². The Bertz CT molecular complexity index is 831. The number of amides is 1. The summed E-state index contributed by atoms with van der Waals surface area (Å²) in [5.41, 5.74) is 6.50. The number of ether oxygens (including phenoxy) is 2. The number of fused-ring (bicyclic) bond motifs is 1. The van der Waals surface area contributed by atoms with E-state index in [1.807, 2.05) is 57.2 Å². The number of hydrogen-bond donors (Lipinski definition) is 2. The number of benzene rings is 2. The van der Waals surface area contributed by atoms with Gasteiger partial charge in [0.1, 0.15) is 17.6 Å². The summed E-state index contributed by atoms with van der Waals surface area (Å²) < 4.78 is 11.5. The average Bonchev–Trinajstić information content (AvgIpc) is 3.00. The van der Waals surface area contributed by atoms with Crippen LogP contribution in [0, 0.1) is 6.92 Å². The van der Waals surface area contributed by atoms with Crippen molar-refractivity contribution in [2.45, 2.75) is 33.3 Å². The second kappa shape index (κ2) is 8.58. The molecule has 1 atom stereocenters. The van der Waals surface area contributed by atoms with Crippen molar-refractivity contribution in [2.24, 2.45) is 5.10 Å². The molecule has 0 saturated heterocycles. The average molecular weight is 367 g/mol. The van der Waals surface area contributed by atoms with Crippen LogP contribution in [0.4, 0.5) is 5.69 Å². The molecule has 0 aliphatic carbocycles. The van der Waals surface area contributed by atoms with Crippen molar-refractivity contribution in [2.75, 3.05) is 18.5 Å². The Morgan fingerprint density at radius 1 is 1.33 bits per heavy atom. The van der Waals surface area contributed by atoms with Crippen LogP contribution in [0.15, 0.2) is 41.5 Å². The van der Waals surface area contributed by atoms with E-state index in [9.17, 15) is 4.79 Å². The molecule has 0 radical (unpaired) electrons. The molecule has 0 fully saturated rings. The van der Waals surface area contributed by atoms with E-state index in [1.165, 1.54) is 5.56 Å². The van der Waals surface area contributed by atoms with E-state index in [4.69, 9.17) is 9.47 Å². The number of hydrogen-bond acceptors (Lipinski definition) is 5. The van der Waals surface area contributed by atoms with E-state index in [0.717, 1.165) is 34.7 Å². The van der Waals surface area contributed by atoms with Crippen molar-refractivity contribution in [3.8, 4) is 11.5 Å². The van der Waals surface area contributed by atoms with Gasteiger partial charge in [0.15, 0.2) is 0 Å². The lowest BCUT2D eigenvalue weighted by Gasteiger charge is -2.09. The Kier molecular flexibility index (Phi) is 5.96. The number of anilines is 1. The highest BCUT2D eigenvalue weighted by Gasteiger charge is 2.21. The quantitative estimate of drug-likeness (QED) is 0.582. The standard InChI is InChI=1S/C21H25N3O3/c1-4-26-19-10-16-9-15(3)27-20(16)11-17(19)12-23-24-21(25)13-22-18-7-5-14(2)6-8-18/h5-8,10-12,15,22H,4,9,13H2,1-3H3,(H,24,25)/b23-12-/t15-/m0/s1. The summed E-state index contributed by atoms with van der Waals surface area (Å²) in [6.07, 6.45) is 2.62. The van der Waals surface area contributed by atoms with E-state index in [2.05, 4.69) is 15.8 Å². The summed E-state index contributed by atoms with van der Waals surface area (Å²) in [5.74, 6) is 1.36. The number of rotatable bonds is 7. The van der Waals surface area contributed by atoms with E-state index < -0.39 is 0 Å². The molecule has 142 valence electrons. The van der Waals surface area contributed by atoms with Crippen LogP contribution < -0.4 is 20.2 Å². The monoisotopic (exact) mass is 367 g/mol. The van der Waals surface area contributed by atoms with Crippen LogP contribution in [0.1, 0.15) is 30.5 Å². The third-order valence-corrected chi connectivity index (χ3v) is 4.23. The minimum atomic E-state index is -0.226. The van der Waals surface area contributed by atoms with Crippen LogP contribution in [-0.4, -0.2) is 31.4 Å². The lowest BCUT2D eigenvalue weighted by molar-refractivity contribution is -0.119. The van der Waals surface area contributed by atoms with Crippen molar-refractivity contribution in [3.63, 3.8) is 0 Å². The number of carbonyl (C=O) groups excluding carboxylic acids is 1. The number of aryl methyl sites for hydroxylation is 1. The summed E-state index contributed by atoms with van der Waals surface area (Å²) in [7, 11) is 0. The normalized spacial score (nSPS) is 15.3. The molecule has 1 aliphatic rings. The zero-order valence-electron chi connectivity index (χ0n) is 15.9. The maximum Gasteiger partial charge on any atom is 0.259 e. The molecule has 6 heteroatoms. The molecule has 0 unspecified atom stereocenters. The first kappa shape index (κ1) is 18.8. The van der Waals surface area contributed by atoms with E-state index >= 15 is 0 Å². The molecule has 0 saturated carbocycles. The number of nitrogens with zero attached hydrogens (tertiary/aromatic N) is 1. The van der Waals surface area contributed by atoms with Gasteiger partial charge in [-0.15, -0.1) is 0 Å². The van der Waals surface area contributed by atoms with E-state index in [1.54, 1.807) is 6.21 Å². The fourth-order valence-corrected chi connectivity index (χ4v) is 2.90. The second-order valence-corrected chi connectivity index (χ2v) is 6.58. The smallest absolute Gasteiger partial charge is 0.259 e. The van der Waals surface area contributed by atoms with E-state index in [-0.39, 0.29) is 18.6 Å². The van der Waals surface area contributed by atoms with Gasteiger partial charge in [-0.3, -0.25) is 4.79 Å². The topological polar surface area (TPSA) is 72.0 Å². The largest absolute Gasteiger partial charge is 0.493 e. The lowest BCUT2D eigenvalue weighted by atomic mass is 10.1. The Labute approximate surface area is 159 Å². The zero-order chi connectivity index (χ0) is 19.2. The minimum Gasteiger partial charge on any atom is -0.493 e. The Morgan fingerprint density at radius 2 is 2.11 bits per heavy atom. The summed E-state index contributed by atoms with van der Waals surface area (Å²) in [6, 6.07) is 11.8. The van der Waals surface area contributed by atoms with Crippen molar-refractivity contribution in [1.82, 2.24) is 5.43 Å². The highest BCUT2D eigenvalue weighted by molar-refractivity contribution is 5.87. The van der Waals surface area contributed by atoms with Crippen LogP contribution in [-0.2, 0) is 11.2 Å². The van der Waals surface area contributed by atoms with Crippen molar-refractivity contribution < 1.29 is 14.3 Å². The Morgan fingerprint density at radius 3 is 2.85 bits per heavy atom. The maximum atomic E-state index is 12.0. The zero-order valence-corrected chi connectivity index (χ0v) is 15.9. The molecule has 27 heavy (non-hydrogen) atoms. The van der Waals surface area contributed by atoms with Crippen molar-refractivity contribution in [3.05, 3.63) is 53.1 Å². The number of hydrazone groups is 1. The fourth-order valence-electron chi connectivity index (χ4n) is 2.90.